The summed E-state index contributed by atoms with van der Waals surface area (Å²) in [7, 11) is 0. The Morgan fingerprint density at radius 1 is 1.46 bits per heavy atom. The van der Waals surface area contributed by atoms with Gasteiger partial charge >= 0.3 is 0 Å². The molecular weight excluding hydrogens is 168 g/mol. The van der Waals surface area contributed by atoms with E-state index in [4.69, 9.17) is 4.74 Å². The minimum absolute atomic E-state index is 0.0108. The van der Waals surface area contributed by atoms with Crippen LogP contribution in [0.4, 0.5) is 0 Å². The molecule has 0 bridgehead atoms. The fourth-order valence-electron chi connectivity index (χ4n) is 2.18. The molecule has 1 unspecified atom stereocenters. The van der Waals surface area contributed by atoms with Gasteiger partial charge < -0.3 is 15.4 Å². The van der Waals surface area contributed by atoms with E-state index < -0.39 is 0 Å². The second-order valence-corrected chi connectivity index (χ2v) is 3.89. The average molecular weight is 184 g/mol. The van der Waals surface area contributed by atoms with E-state index in [0.29, 0.717) is 0 Å². The lowest BCUT2D eigenvalue weighted by Crippen LogP contribution is -2.62. The quantitative estimate of drug-likeness (QED) is 0.540. The van der Waals surface area contributed by atoms with Crippen molar-refractivity contribution in [3.05, 3.63) is 0 Å². The molecule has 4 nitrogen and oxygen atoms in total. The highest BCUT2D eigenvalue weighted by molar-refractivity contribution is 5.78. The van der Waals surface area contributed by atoms with Crippen LogP contribution in [0.15, 0.2) is 0 Å². The van der Waals surface area contributed by atoms with Gasteiger partial charge in [0.1, 0.15) is 6.61 Å². The van der Waals surface area contributed by atoms with Crippen LogP contribution in [0.1, 0.15) is 19.8 Å². The van der Waals surface area contributed by atoms with Crippen molar-refractivity contribution in [3.8, 4) is 0 Å². The Morgan fingerprint density at radius 2 is 2.15 bits per heavy atom. The van der Waals surface area contributed by atoms with Crippen LogP contribution in [0.5, 0.6) is 0 Å². The number of morpholine rings is 1. The zero-order chi connectivity index (χ0) is 9.31. The highest BCUT2D eigenvalue weighted by atomic mass is 16.5. The summed E-state index contributed by atoms with van der Waals surface area (Å²) < 4.78 is 5.68. The van der Waals surface area contributed by atoms with Gasteiger partial charge in [0.05, 0.1) is 11.6 Å². The van der Waals surface area contributed by atoms with E-state index in [1.807, 2.05) is 6.92 Å². The molecule has 2 heterocycles. The Balaban J connectivity index is 2.07. The molecule has 1 atom stereocenters. The van der Waals surface area contributed by atoms with Crippen LogP contribution in [-0.4, -0.2) is 37.2 Å². The molecule has 2 aliphatic rings. The third-order valence-corrected chi connectivity index (χ3v) is 3.11. The Kier molecular flexibility index (Phi) is 2.26. The number of hydrogen-bond acceptors (Lipinski definition) is 3. The van der Waals surface area contributed by atoms with Gasteiger partial charge in [-0.3, -0.25) is 4.79 Å². The van der Waals surface area contributed by atoms with E-state index >= 15 is 0 Å². The molecule has 74 valence electrons. The summed E-state index contributed by atoms with van der Waals surface area (Å²) in [5, 5.41) is 6.24. The van der Waals surface area contributed by atoms with Gasteiger partial charge in [-0.15, -0.1) is 0 Å². The highest BCUT2D eigenvalue weighted by Gasteiger charge is 2.42. The first kappa shape index (κ1) is 8.97. The van der Waals surface area contributed by atoms with Crippen molar-refractivity contribution in [1.29, 1.82) is 0 Å². The van der Waals surface area contributed by atoms with Crippen molar-refractivity contribution in [2.75, 3.05) is 19.7 Å². The summed E-state index contributed by atoms with van der Waals surface area (Å²) in [6.45, 7) is 4.23. The first-order chi connectivity index (χ1) is 6.23. The van der Waals surface area contributed by atoms with Crippen LogP contribution < -0.4 is 10.6 Å². The van der Waals surface area contributed by atoms with E-state index in [0.717, 1.165) is 25.9 Å². The van der Waals surface area contributed by atoms with Crippen molar-refractivity contribution in [2.45, 2.75) is 31.4 Å². The molecule has 0 saturated carbocycles. The summed E-state index contributed by atoms with van der Waals surface area (Å²) in [5.41, 5.74) is -0.0981. The maximum atomic E-state index is 11.0. The molecule has 1 spiro atoms. The predicted molar refractivity (Wildman–Crippen MR) is 48.4 cm³/mol. The summed E-state index contributed by atoms with van der Waals surface area (Å²) in [6.07, 6.45) is 1.99. The number of amides is 1. The number of ether oxygens (including phenoxy) is 1. The molecule has 2 N–H and O–H groups in total. The lowest BCUT2D eigenvalue weighted by molar-refractivity contribution is -0.155. The van der Waals surface area contributed by atoms with Gasteiger partial charge in [-0.2, -0.15) is 0 Å². The zero-order valence-electron chi connectivity index (χ0n) is 7.93. The number of rotatable bonds is 0. The monoisotopic (exact) mass is 184 g/mol. The summed E-state index contributed by atoms with van der Waals surface area (Å²) in [6, 6.07) is 0.149. The molecule has 4 heteroatoms. The van der Waals surface area contributed by atoms with Gasteiger partial charge in [-0.1, -0.05) is 0 Å². The van der Waals surface area contributed by atoms with Crippen molar-refractivity contribution in [3.63, 3.8) is 0 Å². The maximum Gasteiger partial charge on any atom is 0.246 e. The summed E-state index contributed by atoms with van der Waals surface area (Å²) in [5.74, 6) is 0.0108. The maximum absolute atomic E-state index is 11.0. The first-order valence-electron chi connectivity index (χ1n) is 4.87. The van der Waals surface area contributed by atoms with Gasteiger partial charge in [0.2, 0.25) is 5.91 Å². The fourth-order valence-corrected chi connectivity index (χ4v) is 2.18. The lowest BCUT2D eigenvalue weighted by atomic mass is 9.84. The number of carbonyl (C=O) groups is 1. The van der Waals surface area contributed by atoms with E-state index in [2.05, 4.69) is 10.6 Å². The molecule has 2 saturated heterocycles. The summed E-state index contributed by atoms with van der Waals surface area (Å²) in [4.78, 5) is 11.0. The smallest absolute Gasteiger partial charge is 0.246 e. The molecule has 0 aromatic heterocycles. The Bertz CT molecular complexity index is 212. The molecule has 0 aromatic rings. The molecule has 0 radical (unpaired) electrons. The molecule has 2 aliphatic heterocycles. The molecule has 0 aliphatic carbocycles. The Morgan fingerprint density at radius 3 is 2.77 bits per heavy atom. The SMILES string of the molecule is CC1NC(=O)COC12CCNCC2. The minimum Gasteiger partial charge on any atom is -0.363 e. The second-order valence-electron chi connectivity index (χ2n) is 3.89. The summed E-state index contributed by atoms with van der Waals surface area (Å²) >= 11 is 0. The molecule has 13 heavy (non-hydrogen) atoms. The van der Waals surface area contributed by atoms with Gasteiger partial charge in [0.25, 0.3) is 0 Å². The van der Waals surface area contributed by atoms with Crippen LogP contribution >= 0.6 is 0 Å². The number of nitrogens with one attached hydrogen (secondary N) is 2. The number of carbonyl (C=O) groups excluding carboxylic acids is 1. The van der Waals surface area contributed by atoms with Gasteiger partial charge in [0.15, 0.2) is 0 Å². The van der Waals surface area contributed by atoms with Crippen molar-refractivity contribution >= 4 is 5.91 Å². The molecule has 0 aromatic carbocycles. The van der Waals surface area contributed by atoms with Crippen LogP contribution in [0.3, 0.4) is 0 Å². The van der Waals surface area contributed by atoms with Crippen LogP contribution in [0.2, 0.25) is 0 Å². The van der Waals surface area contributed by atoms with E-state index in [1.165, 1.54) is 0 Å². The molecule has 1 amide bonds. The molecule has 2 rings (SSSR count). The van der Waals surface area contributed by atoms with Gasteiger partial charge in [-0.25, -0.2) is 0 Å². The molecule has 2 fully saturated rings. The first-order valence-corrected chi connectivity index (χ1v) is 4.87. The minimum atomic E-state index is -0.0981. The standard InChI is InChI=1S/C9H16N2O2/c1-7-9(2-4-10-5-3-9)13-6-8(12)11-7/h7,10H,2-6H2,1H3,(H,11,12). The fraction of sp³-hybridized carbons (Fsp3) is 0.889. The van der Waals surface area contributed by atoms with E-state index in [1.54, 1.807) is 0 Å². The van der Waals surface area contributed by atoms with Crippen LogP contribution in [0, 0.1) is 0 Å². The van der Waals surface area contributed by atoms with Gasteiger partial charge in [0, 0.05) is 0 Å². The van der Waals surface area contributed by atoms with E-state index in [9.17, 15) is 4.79 Å². The Hall–Kier alpha value is -0.610. The zero-order valence-corrected chi connectivity index (χ0v) is 7.93. The topological polar surface area (TPSA) is 50.4 Å². The van der Waals surface area contributed by atoms with Gasteiger partial charge in [-0.05, 0) is 32.9 Å². The van der Waals surface area contributed by atoms with E-state index in [-0.39, 0.29) is 24.2 Å². The normalized spacial score (nSPS) is 33.0. The van der Waals surface area contributed by atoms with Crippen LogP contribution in [-0.2, 0) is 9.53 Å². The van der Waals surface area contributed by atoms with Crippen LogP contribution in [0.25, 0.3) is 0 Å². The van der Waals surface area contributed by atoms with Crippen molar-refractivity contribution in [2.24, 2.45) is 0 Å². The molecular formula is C9H16N2O2. The predicted octanol–water partition coefficient (Wildman–Crippen LogP) is -0.357. The Labute approximate surface area is 78.0 Å². The van der Waals surface area contributed by atoms with Crippen molar-refractivity contribution < 1.29 is 9.53 Å². The third-order valence-electron chi connectivity index (χ3n) is 3.11. The second kappa shape index (κ2) is 3.27. The van der Waals surface area contributed by atoms with Crippen molar-refractivity contribution in [1.82, 2.24) is 10.6 Å². The third kappa shape index (κ3) is 1.56. The lowest BCUT2D eigenvalue weighted by Gasteiger charge is -2.45. The highest BCUT2D eigenvalue weighted by Crippen LogP contribution is 2.29. The largest absolute Gasteiger partial charge is 0.363 e. The number of hydrogen-bond donors (Lipinski definition) is 2. The average Bonchev–Trinajstić information content (AvgIpc) is 2.14. The number of piperidine rings is 1.